The summed E-state index contributed by atoms with van der Waals surface area (Å²) < 4.78 is 11.3. The normalized spacial score (nSPS) is 13.5. The van der Waals surface area contributed by atoms with E-state index < -0.39 is 11.9 Å². The molecular weight excluding hydrogens is 490 g/mol. The predicted octanol–water partition coefficient (Wildman–Crippen LogP) is 2.00. The Morgan fingerprint density at radius 1 is 1.03 bits per heavy atom. The van der Waals surface area contributed by atoms with E-state index in [2.05, 4.69) is 30.8 Å². The molecule has 0 aliphatic carbocycles. The van der Waals surface area contributed by atoms with Crippen LogP contribution >= 0.6 is 0 Å². The van der Waals surface area contributed by atoms with Crippen LogP contribution in [0.15, 0.2) is 54.7 Å². The molecule has 1 saturated heterocycles. The average molecular weight is 522 g/mol. The molecule has 2 heterocycles. The van der Waals surface area contributed by atoms with Gasteiger partial charge in [0.05, 0.1) is 26.0 Å². The van der Waals surface area contributed by atoms with E-state index in [1.54, 1.807) is 42.6 Å². The lowest BCUT2D eigenvalue weighted by Gasteiger charge is -2.26. The first-order valence-corrected chi connectivity index (χ1v) is 12.2. The van der Waals surface area contributed by atoms with E-state index in [4.69, 9.17) is 15.2 Å². The molecule has 3 aromatic rings. The number of nitrogens with zero attached hydrogens (tertiary/aromatic N) is 3. The Morgan fingerprint density at radius 3 is 2.32 bits per heavy atom. The van der Waals surface area contributed by atoms with Crippen LogP contribution in [0.2, 0.25) is 0 Å². The molecule has 12 heteroatoms. The fraction of sp³-hybridized carbons (Fsp3) is 0.308. The second kappa shape index (κ2) is 13.3. The molecule has 2 aromatic carbocycles. The van der Waals surface area contributed by atoms with Crippen molar-refractivity contribution in [2.45, 2.75) is 0 Å². The lowest BCUT2D eigenvalue weighted by molar-refractivity contribution is 0.0322. The molecule has 1 aliphatic heterocycles. The highest BCUT2D eigenvalue weighted by atomic mass is 16.5. The van der Waals surface area contributed by atoms with Crippen LogP contribution in [0.4, 0.5) is 22.0 Å². The van der Waals surface area contributed by atoms with E-state index in [9.17, 15) is 14.7 Å². The van der Waals surface area contributed by atoms with Crippen molar-refractivity contribution < 1.29 is 24.2 Å². The molecule has 0 unspecified atom stereocenters. The number of nitrogens with two attached hydrogens (primary N) is 1. The van der Waals surface area contributed by atoms with Gasteiger partial charge in [0.15, 0.2) is 17.4 Å². The van der Waals surface area contributed by atoms with Crippen molar-refractivity contribution in [3.63, 3.8) is 0 Å². The highest BCUT2D eigenvalue weighted by molar-refractivity contribution is 6.00. The van der Waals surface area contributed by atoms with Gasteiger partial charge in [0, 0.05) is 48.7 Å². The summed E-state index contributed by atoms with van der Waals surface area (Å²) in [5.74, 6) is 0.938. The molecule has 3 amide bonds. The molecule has 0 bridgehead atoms. The molecule has 6 N–H and O–H groups in total. The minimum Gasteiger partial charge on any atom is -0.487 e. The summed E-state index contributed by atoms with van der Waals surface area (Å²) in [4.78, 5) is 34.8. The zero-order valence-corrected chi connectivity index (χ0v) is 20.9. The summed E-state index contributed by atoms with van der Waals surface area (Å²) in [5, 5.41) is 17.8. The summed E-state index contributed by atoms with van der Waals surface area (Å²) in [6.45, 7) is 4.73. The van der Waals surface area contributed by atoms with Crippen molar-refractivity contribution in [2.75, 3.05) is 68.6 Å². The fourth-order valence-electron chi connectivity index (χ4n) is 3.74. The standard InChI is InChI=1S/C26H31N7O5/c27-23(35)18-1-5-20(6-2-18)30-26(36)31-21-7-3-19(4-8-21)24-29-17-22(25(32-24)28-9-13-34)38-16-12-33-10-14-37-15-11-33/h1-8,17,34H,9-16H2,(H2,27,35)(H,28,29,32)(H2,30,31,36). The summed E-state index contributed by atoms with van der Waals surface area (Å²) in [5.41, 5.74) is 7.42. The Balaban J connectivity index is 1.36. The van der Waals surface area contributed by atoms with Gasteiger partial charge in [0.25, 0.3) is 0 Å². The molecule has 1 aromatic heterocycles. The van der Waals surface area contributed by atoms with Crippen LogP contribution < -0.4 is 26.4 Å². The summed E-state index contributed by atoms with van der Waals surface area (Å²) >= 11 is 0. The van der Waals surface area contributed by atoms with Crippen molar-refractivity contribution in [3.05, 3.63) is 60.3 Å². The molecule has 12 nitrogen and oxygen atoms in total. The quantitative estimate of drug-likeness (QED) is 0.254. The third-order valence-corrected chi connectivity index (χ3v) is 5.76. The van der Waals surface area contributed by atoms with Crippen LogP contribution in [0.1, 0.15) is 10.4 Å². The van der Waals surface area contributed by atoms with Crippen LogP contribution in [0, 0.1) is 0 Å². The zero-order chi connectivity index (χ0) is 26.7. The van der Waals surface area contributed by atoms with Gasteiger partial charge in [-0.05, 0) is 48.5 Å². The van der Waals surface area contributed by atoms with Crippen LogP contribution in [0.25, 0.3) is 11.4 Å². The summed E-state index contributed by atoms with van der Waals surface area (Å²) in [6.07, 6.45) is 1.62. The van der Waals surface area contributed by atoms with Gasteiger partial charge < -0.3 is 36.3 Å². The van der Waals surface area contributed by atoms with Crippen LogP contribution in [0.5, 0.6) is 5.75 Å². The van der Waals surface area contributed by atoms with E-state index in [1.165, 1.54) is 12.1 Å². The second-order valence-corrected chi connectivity index (χ2v) is 8.46. The first-order valence-electron chi connectivity index (χ1n) is 12.2. The molecule has 0 radical (unpaired) electrons. The summed E-state index contributed by atoms with van der Waals surface area (Å²) in [6, 6.07) is 12.9. The maximum Gasteiger partial charge on any atom is 0.323 e. The number of carbonyl (C=O) groups excluding carboxylic acids is 2. The van der Waals surface area contributed by atoms with Crippen LogP contribution in [-0.4, -0.2) is 84.5 Å². The van der Waals surface area contributed by atoms with Gasteiger partial charge in [-0.3, -0.25) is 9.69 Å². The van der Waals surface area contributed by atoms with Gasteiger partial charge >= 0.3 is 6.03 Å². The number of urea groups is 1. The fourth-order valence-corrected chi connectivity index (χ4v) is 3.74. The Morgan fingerprint density at radius 2 is 1.68 bits per heavy atom. The molecule has 0 saturated carbocycles. The van der Waals surface area contributed by atoms with Crippen molar-refractivity contribution in [1.82, 2.24) is 14.9 Å². The van der Waals surface area contributed by atoms with E-state index >= 15 is 0 Å². The SMILES string of the molecule is NC(=O)c1ccc(NC(=O)Nc2ccc(-c3ncc(OCCN4CCOCC4)c(NCCO)n3)cc2)cc1. The number of rotatable bonds is 11. The molecule has 0 spiro atoms. The van der Waals surface area contributed by atoms with Gasteiger partial charge in [0.2, 0.25) is 5.91 Å². The number of hydrogen-bond donors (Lipinski definition) is 5. The van der Waals surface area contributed by atoms with Crippen LogP contribution in [0.3, 0.4) is 0 Å². The maximum atomic E-state index is 12.3. The zero-order valence-electron chi connectivity index (χ0n) is 20.9. The highest BCUT2D eigenvalue weighted by Crippen LogP contribution is 2.26. The third kappa shape index (κ3) is 7.62. The molecule has 200 valence electrons. The lowest BCUT2D eigenvalue weighted by Crippen LogP contribution is -2.38. The Kier molecular flexibility index (Phi) is 9.40. The number of carbonyl (C=O) groups is 2. The number of nitrogens with one attached hydrogen (secondary N) is 3. The number of primary amides is 1. The monoisotopic (exact) mass is 521 g/mol. The van der Waals surface area contributed by atoms with Crippen molar-refractivity contribution >= 4 is 29.1 Å². The smallest absolute Gasteiger partial charge is 0.323 e. The van der Waals surface area contributed by atoms with Gasteiger partial charge in [-0.15, -0.1) is 0 Å². The lowest BCUT2D eigenvalue weighted by atomic mass is 10.2. The van der Waals surface area contributed by atoms with E-state index in [1.807, 2.05) is 0 Å². The van der Waals surface area contributed by atoms with E-state index in [0.29, 0.717) is 47.5 Å². The number of benzene rings is 2. The van der Waals surface area contributed by atoms with Gasteiger partial charge in [0.1, 0.15) is 6.61 Å². The predicted molar refractivity (Wildman–Crippen MR) is 143 cm³/mol. The number of aromatic nitrogens is 2. The molecule has 1 aliphatic rings. The van der Waals surface area contributed by atoms with Gasteiger partial charge in [-0.1, -0.05) is 0 Å². The topological polar surface area (TPSA) is 164 Å². The highest BCUT2D eigenvalue weighted by Gasteiger charge is 2.13. The molecule has 4 rings (SSSR count). The van der Waals surface area contributed by atoms with Crippen LogP contribution in [-0.2, 0) is 4.74 Å². The van der Waals surface area contributed by atoms with Crippen molar-refractivity contribution in [1.29, 1.82) is 0 Å². The minimum absolute atomic E-state index is 0.0513. The molecule has 0 atom stereocenters. The van der Waals surface area contributed by atoms with E-state index in [-0.39, 0.29) is 6.61 Å². The van der Waals surface area contributed by atoms with Crippen molar-refractivity contribution in [2.24, 2.45) is 5.73 Å². The number of ether oxygens (including phenoxy) is 2. The largest absolute Gasteiger partial charge is 0.487 e. The summed E-state index contributed by atoms with van der Waals surface area (Å²) in [7, 11) is 0. The number of aliphatic hydroxyl groups is 1. The number of morpholine rings is 1. The van der Waals surface area contributed by atoms with Gasteiger partial charge in [-0.2, -0.15) is 0 Å². The average Bonchev–Trinajstić information content (AvgIpc) is 2.93. The maximum absolute atomic E-state index is 12.3. The first-order chi connectivity index (χ1) is 18.5. The van der Waals surface area contributed by atoms with Gasteiger partial charge in [-0.25, -0.2) is 14.8 Å². The number of amides is 3. The number of aliphatic hydroxyl groups excluding tert-OH is 1. The molecular formula is C26H31N7O5. The third-order valence-electron chi connectivity index (χ3n) is 5.76. The minimum atomic E-state index is -0.535. The van der Waals surface area contributed by atoms with Crippen molar-refractivity contribution in [3.8, 4) is 17.1 Å². The Labute approximate surface area is 220 Å². The Hall–Kier alpha value is -4.26. The Bertz CT molecular complexity index is 1220. The number of anilines is 3. The molecule has 38 heavy (non-hydrogen) atoms. The second-order valence-electron chi connectivity index (χ2n) is 8.46. The van der Waals surface area contributed by atoms with E-state index in [0.717, 1.165) is 38.4 Å². The number of hydrogen-bond acceptors (Lipinski definition) is 9. The molecule has 1 fully saturated rings. The first kappa shape index (κ1) is 26.8.